The maximum atomic E-state index is 11.2. The summed E-state index contributed by atoms with van der Waals surface area (Å²) in [5, 5.41) is 15.7. The van der Waals surface area contributed by atoms with Crippen LogP contribution >= 0.6 is 0 Å². The lowest BCUT2D eigenvalue weighted by Crippen LogP contribution is -2.41. The number of rotatable bonds is 19. The zero-order chi connectivity index (χ0) is 21.4. The first kappa shape index (κ1) is 26.9. The highest BCUT2D eigenvalue weighted by Crippen LogP contribution is 2.21. The van der Waals surface area contributed by atoms with Crippen molar-refractivity contribution in [2.24, 2.45) is 5.92 Å². The average Bonchev–Trinajstić information content (AvgIpc) is 2.59. The minimum absolute atomic E-state index is 0.0792. The van der Waals surface area contributed by atoms with Gasteiger partial charge in [-0.3, -0.25) is 14.1 Å². The third-order valence-corrected chi connectivity index (χ3v) is 6.29. The Morgan fingerprint density at radius 1 is 0.679 bits per heavy atom. The number of unbranched alkanes of at least 4 members (excludes halogenated alkanes) is 13. The fourth-order valence-corrected chi connectivity index (χ4v) is 4.39. The first-order valence-electron chi connectivity index (χ1n) is 10.6. The predicted molar refractivity (Wildman–Crippen MR) is 109 cm³/mol. The lowest BCUT2D eigenvalue weighted by atomic mass is 9.96. The lowest BCUT2D eigenvalue weighted by molar-refractivity contribution is -0.148. The fraction of sp³-hybridized carbons (Fsp3) is 0.900. The van der Waals surface area contributed by atoms with Crippen LogP contribution in [0.4, 0.5) is 0 Å². The maximum Gasteiger partial charge on any atom is 0.325 e. The van der Waals surface area contributed by atoms with Gasteiger partial charge in [-0.25, -0.2) is 0 Å². The first-order chi connectivity index (χ1) is 13.2. The standard InChI is InChI=1S/C20H38O7S/c1-2-3-4-5-6-7-8-9-10-11-12-13-14-15-16-17(19(21)22)18(20(23)24)28(25,26)27/h17-18H,2-16H2,1H3,(H,21,22)(H,23,24)(H,25,26,27). The van der Waals surface area contributed by atoms with E-state index in [0.29, 0.717) is 6.42 Å². The van der Waals surface area contributed by atoms with E-state index in [4.69, 9.17) is 14.8 Å². The normalized spacial score (nSPS) is 13.9. The SMILES string of the molecule is CCCCCCCCCCCCCCCCC(C(=O)O)C(C(=O)O)S(=O)(=O)O. The van der Waals surface area contributed by atoms with Crippen molar-refractivity contribution >= 4 is 22.1 Å². The lowest BCUT2D eigenvalue weighted by Gasteiger charge is -2.17. The molecule has 0 aromatic heterocycles. The molecule has 0 bridgehead atoms. The van der Waals surface area contributed by atoms with Gasteiger partial charge in [0, 0.05) is 0 Å². The molecule has 28 heavy (non-hydrogen) atoms. The highest BCUT2D eigenvalue weighted by Gasteiger charge is 2.42. The van der Waals surface area contributed by atoms with E-state index in [1.165, 1.54) is 57.8 Å². The van der Waals surface area contributed by atoms with Gasteiger partial charge in [-0.15, -0.1) is 0 Å². The number of carboxylic acid groups (broad SMARTS) is 2. The van der Waals surface area contributed by atoms with Crippen LogP contribution in [0.15, 0.2) is 0 Å². The molecule has 0 radical (unpaired) electrons. The topological polar surface area (TPSA) is 129 Å². The molecule has 8 heteroatoms. The molecule has 2 atom stereocenters. The molecule has 0 aliphatic rings. The summed E-state index contributed by atoms with van der Waals surface area (Å²) < 4.78 is 31.4. The van der Waals surface area contributed by atoms with Crippen LogP contribution in [0.1, 0.15) is 103 Å². The third-order valence-electron chi connectivity index (χ3n) is 5.12. The predicted octanol–water partition coefficient (Wildman–Crippen LogP) is 4.90. The Morgan fingerprint density at radius 3 is 1.32 bits per heavy atom. The van der Waals surface area contributed by atoms with Crippen molar-refractivity contribution in [1.29, 1.82) is 0 Å². The van der Waals surface area contributed by atoms with Gasteiger partial charge in [-0.1, -0.05) is 96.8 Å². The first-order valence-corrected chi connectivity index (χ1v) is 12.1. The van der Waals surface area contributed by atoms with Gasteiger partial charge in [-0.2, -0.15) is 8.42 Å². The number of aliphatic carboxylic acids is 2. The molecule has 166 valence electrons. The molecule has 0 aliphatic carbocycles. The van der Waals surface area contributed by atoms with E-state index < -0.39 is 33.2 Å². The van der Waals surface area contributed by atoms with Crippen LogP contribution in [0.5, 0.6) is 0 Å². The number of hydrogen-bond donors (Lipinski definition) is 3. The quantitative estimate of drug-likeness (QED) is 0.199. The second-order valence-corrected chi connectivity index (χ2v) is 9.14. The van der Waals surface area contributed by atoms with Crippen LogP contribution in [0.25, 0.3) is 0 Å². The summed E-state index contributed by atoms with van der Waals surface area (Å²) >= 11 is 0. The Kier molecular flexibility index (Phi) is 15.1. The Bertz CT molecular complexity index is 531. The Morgan fingerprint density at radius 2 is 1.04 bits per heavy atom. The van der Waals surface area contributed by atoms with E-state index in [-0.39, 0.29) is 6.42 Å². The van der Waals surface area contributed by atoms with Crippen molar-refractivity contribution < 1.29 is 32.8 Å². The van der Waals surface area contributed by atoms with Crippen molar-refractivity contribution in [3.8, 4) is 0 Å². The van der Waals surface area contributed by atoms with Crippen LogP contribution in [0, 0.1) is 5.92 Å². The van der Waals surface area contributed by atoms with Gasteiger partial charge in [0.15, 0.2) is 5.25 Å². The van der Waals surface area contributed by atoms with Gasteiger partial charge in [0.2, 0.25) is 0 Å². The average molecular weight is 423 g/mol. The molecule has 0 rings (SSSR count). The van der Waals surface area contributed by atoms with Gasteiger partial charge in [0.05, 0.1) is 5.92 Å². The van der Waals surface area contributed by atoms with Crippen LogP contribution in [0.2, 0.25) is 0 Å². The molecule has 7 nitrogen and oxygen atoms in total. The summed E-state index contributed by atoms with van der Waals surface area (Å²) in [5.41, 5.74) is 0. The second kappa shape index (κ2) is 15.7. The highest BCUT2D eigenvalue weighted by atomic mass is 32.2. The van der Waals surface area contributed by atoms with Crippen LogP contribution in [-0.2, 0) is 19.7 Å². The maximum absolute atomic E-state index is 11.2. The number of hydrogen-bond acceptors (Lipinski definition) is 4. The zero-order valence-corrected chi connectivity index (χ0v) is 18.0. The number of carboxylic acids is 2. The Labute approximate surface area is 169 Å². The van der Waals surface area contributed by atoms with Crippen LogP contribution < -0.4 is 0 Å². The number of carbonyl (C=O) groups is 2. The minimum Gasteiger partial charge on any atom is -0.481 e. The summed E-state index contributed by atoms with van der Waals surface area (Å²) in [6.07, 6.45) is 15.8. The molecule has 0 aliphatic heterocycles. The van der Waals surface area contributed by atoms with Gasteiger partial charge in [-0.05, 0) is 6.42 Å². The van der Waals surface area contributed by atoms with E-state index in [1.807, 2.05) is 0 Å². The minimum atomic E-state index is -4.96. The van der Waals surface area contributed by atoms with Gasteiger partial charge < -0.3 is 10.2 Å². The summed E-state index contributed by atoms with van der Waals surface area (Å²) in [5.74, 6) is -4.98. The van der Waals surface area contributed by atoms with Crippen LogP contribution in [-0.4, -0.2) is 40.4 Å². The van der Waals surface area contributed by atoms with Crippen molar-refractivity contribution in [3.63, 3.8) is 0 Å². The third kappa shape index (κ3) is 13.1. The molecule has 3 N–H and O–H groups in total. The van der Waals surface area contributed by atoms with Gasteiger partial charge >= 0.3 is 11.9 Å². The smallest absolute Gasteiger partial charge is 0.325 e. The molecular formula is C20H38O7S. The monoisotopic (exact) mass is 422 g/mol. The molecule has 0 saturated carbocycles. The van der Waals surface area contributed by atoms with Crippen LogP contribution in [0.3, 0.4) is 0 Å². The van der Waals surface area contributed by atoms with Crippen molar-refractivity contribution in [1.82, 2.24) is 0 Å². The molecule has 0 aromatic carbocycles. The second-order valence-electron chi connectivity index (χ2n) is 7.60. The largest absolute Gasteiger partial charge is 0.481 e. The molecule has 0 fully saturated rings. The highest BCUT2D eigenvalue weighted by molar-refractivity contribution is 7.87. The summed E-state index contributed by atoms with van der Waals surface area (Å²) in [7, 11) is -4.96. The van der Waals surface area contributed by atoms with Gasteiger partial charge in [0.1, 0.15) is 0 Å². The summed E-state index contributed by atoms with van der Waals surface area (Å²) in [6.45, 7) is 2.22. The van der Waals surface area contributed by atoms with E-state index in [0.717, 1.165) is 25.7 Å². The molecule has 2 unspecified atom stereocenters. The summed E-state index contributed by atoms with van der Waals surface area (Å²) in [4.78, 5) is 22.3. The molecule has 0 heterocycles. The van der Waals surface area contributed by atoms with Crippen molar-refractivity contribution in [3.05, 3.63) is 0 Å². The molecule has 0 saturated heterocycles. The summed E-state index contributed by atoms with van der Waals surface area (Å²) in [6, 6.07) is 0. The molecule has 0 amide bonds. The molecular weight excluding hydrogens is 384 g/mol. The zero-order valence-electron chi connectivity index (χ0n) is 17.1. The van der Waals surface area contributed by atoms with E-state index >= 15 is 0 Å². The Balaban J connectivity index is 3.82. The van der Waals surface area contributed by atoms with Crippen molar-refractivity contribution in [2.45, 2.75) is 108 Å². The Hall–Kier alpha value is -1.15. The van der Waals surface area contributed by atoms with E-state index in [2.05, 4.69) is 6.92 Å². The van der Waals surface area contributed by atoms with Gasteiger partial charge in [0.25, 0.3) is 10.1 Å². The van der Waals surface area contributed by atoms with E-state index in [1.54, 1.807) is 0 Å². The molecule has 0 aromatic rings. The molecule has 0 spiro atoms. The fourth-order valence-electron chi connectivity index (χ4n) is 3.47. The van der Waals surface area contributed by atoms with Crippen molar-refractivity contribution in [2.75, 3.05) is 0 Å². The van der Waals surface area contributed by atoms with E-state index in [9.17, 15) is 18.0 Å².